The van der Waals surface area contributed by atoms with E-state index in [1.807, 2.05) is 11.5 Å². The third-order valence-electron chi connectivity index (χ3n) is 3.23. The molecule has 1 saturated heterocycles. The summed E-state index contributed by atoms with van der Waals surface area (Å²) in [6.07, 6.45) is 1.99. The van der Waals surface area contributed by atoms with Gasteiger partial charge in [0.05, 0.1) is 0 Å². The predicted molar refractivity (Wildman–Crippen MR) is 63.5 cm³/mol. The fourth-order valence-electron chi connectivity index (χ4n) is 2.42. The molecule has 17 heavy (non-hydrogen) atoms. The molecule has 0 aliphatic carbocycles. The first-order chi connectivity index (χ1) is 7.88. The highest BCUT2D eigenvalue weighted by atomic mass is 16.5. The van der Waals surface area contributed by atoms with Crippen LogP contribution < -0.4 is 0 Å². The van der Waals surface area contributed by atoms with E-state index in [1.54, 1.807) is 0 Å². The zero-order chi connectivity index (χ0) is 12.7. The molecule has 5 nitrogen and oxygen atoms in total. The highest BCUT2D eigenvalue weighted by Gasteiger charge is 2.39. The number of hydrogen-bond donors (Lipinski definition) is 1. The van der Waals surface area contributed by atoms with Crippen LogP contribution in [0.4, 0.5) is 0 Å². The minimum absolute atomic E-state index is 0.0969. The molecule has 1 aliphatic rings. The Morgan fingerprint density at radius 3 is 2.59 bits per heavy atom. The van der Waals surface area contributed by atoms with Gasteiger partial charge in [-0.15, -0.1) is 10.2 Å². The van der Waals surface area contributed by atoms with Crippen molar-refractivity contribution in [3.05, 3.63) is 11.6 Å². The average molecular weight is 239 g/mol. The van der Waals surface area contributed by atoms with Crippen molar-refractivity contribution in [1.82, 2.24) is 14.8 Å². The second-order valence-corrected chi connectivity index (χ2v) is 5.79. The van der Waals surface area contributed by atoms with Crippen molar-refractivity contribution in [2.24, 2.45) is 0 Å². The van der Waals surface area contributed by atoms with E-state index in [0.29, 0.717) is 5.82 Å². The number of aliphatic hydroxyl groups is 1. The molecule has 0 saturated carbocycles. The smallest absolute Gasteiger partial charge is 0.165 e. The van der Waals surface area contributed by atoms with E-state index < -0.39 is 0 Å². The topological polar surface area (TPSA) is 60.2 Å². The highest BCUT2D eigenvalue weighted by Crippen LogP contribution is 2.36. The van der Waals surface area contributed by atoms with Gasteiger partial charge in [0.2, 0.25) is 0 Å². The quantitative estimate of drug-likeness (QED) is 0.850. The summed E-state index contributed by atoms with van der Waals surface area (Å²) in [6, 6.07) is 0. The molecule has 1 N–H and O–H groups in total. The van der Waals surface area contributed by atoms with Gasteiger partial charge in [-0.3, -0.25) is 0 Å². The van der Waals surface area contributed by atoms with E-state index in [4.69, 9.17) is 4.74 Å². The molecule has 0 aromatic carbocycles. The standard InChI is InChI=1S/C12H21N3O2/c1-11(2,3)15-9(8-16)13-14-10(15)12(4)6-5-7-17-12/h16H,5-8H2,1-4H3. The van der Waals surface area contributed by atoms with Crippen LogP contribution in [0.25, 0.3) is 0 Å². The van der Waals surface area contributed by atoms with E-state index >= 15 is 0 Å². The Balaban J connectivity index is 2.51. The van der Waals surface area contributed by atoms with Crippen molar-refractivity contribution < 1.29 is 9.84 Å². The summed E-state index contributed by atoms with van der Waals surface area (Å²) in [5, 5.41) is 17.7. The summed E-state index contributed by atoms with van der Waals surface area (Å²) in [5.74, 6) is 1.43. The minimum atomic E-state index is -0.367. The first-order valence-electron chi connectivity index (χ1n) is 6.08. The first kappa shape index (κ1) is 12.5. The fourth-order valence-corrected chi connectivity index (χ4v) is 2.42. The van der Waals surface area contributed by atoms with Crippen molar-refractivity contribution in [3.63, 3.8) is 0 Å². The van der Waals surface area contributed by atoms with Gasteiger partial charge in [0.1, 0.15) is 12.2 Å². The Hall–Kier alpha value is -0.940. The number of nitrogens with zero attached hydrogens (tertiary/aromatic N) is 3. The summed E-state index contributed by atoms with van der Waals surface area (Å²) < 4.78 is 7.81. The molecule has 0 spiro atoms. The molecule has 96 valence electrons. The van der Waals surface area contributed by atoms with Crippen LogP contribution in [0.2, 0.25) is 0 Å². The maximum absolute atomic E-state index is 9.36. The Morgan fingerprint density at radius 2 is 2.12 bits per heavy atom. The molecule has 0 radical (unpaired) electrons. The van der Waals surface area contributed by atoms with Crippen LogP contribution in [-0.2, 0) is 22.5 Å². The average Bonchev–Trinajstić information content (AvgIpc) is 2.82. The van der Waals surface area contributed by atoms with Gasteiger partial charge < -0.3 is 14.4 Å². The summed E-state index contributed by atoms with van der Waals surface area (Å²) in [4.78, 5) is 0. The molecular formula is C12H21N3O2. The van der Waals surface area contributed by atoms with Gasteiger partial charge in [0.25, 0.3) is 0 Å². The third-order valence-corrected chi connectivity index (χ3v) is 3.23. The van der Waals surface area contributed by atoms with Gasteiger partial charge in [-0.2, -0.15) is 0 Å². The number of rotatable bonds is 2. The summed E-state index contributed by atoms with van der Waals surface area (Å²) in [7, 11) is 0. The predicted octanol–water partition coefficient (Wildman–Crippen LogP) is 1.55. The van der Waals surface area contributed by atoms with Crippen LogP contribution in [0.5, 0.6) is 0 Å². The molecule has 5 heteroatoms. The number of aliphatic hydroxyl groups excluding tert-OH is 1. The van der Waals surface area contributed by atoms with Crippen LogP contribution in [0.1, 0.15) is 52.2 Å². The van der Waals surface area contributed by atoms with Crippen LogP contribution in [-0.4, -0.2) is 26.5 Å². The minimum Gasteiger partial charge on any atom is -0.388 e. The largest absolute Gasteiger partial charge is 0.388 e. The first-order valence-corrected chi connectivity index (χ1v) is 6.08. The lowest BCUT2D eigenvalue weighted by molar-refractivity contribution is 0.00294. The van der Waals surface area contributed by atoms with Crippen LogP contribution in [0.3, 0.4) is 0 Å². The van der Waals surface area contributed by atoms with Crippen molar-refractivity contribution >= 4 is 0 Å². The SMILES string of the molecule is CC1(c2nnc(CO)n2C(C)(C)C)CCCO1. The maximum atomic E-state index is 9.36. The third kappa shape index (κ3) is 2.09. The van der Waals surface area contributed by atoms with Crippen LogP contribution in [0.15, 0.2) is 0 Å². The van der Waals surface area contributed by atoms with Crippen LogP contribution >= 0.6 is 0 Å². The Bertz CT molecular complexity index is 400. The lowest BCUT2D eigenvalue weighted by Gasteiger charge is -2.30. The Kier molecular flexibility index (Phi) is 2.99. The molecule has 1 atom stereocenters. The summed E-state index contributed by atoms with van der Waals surface area (Å²) in [6.45, 7) is 8.96. The zero-order valence-electron chi connectivity index (χ0n) is 11.0. The second kappa shape index (κ2) is 4.07. The van der Waals surface area contributed by atoms with Crippen molar-refractivity contribution in [2.75, 3.05) is 6.61 Å². The van der Waals surface area contributed by atoms with E-state index in [-0.39, 0.29) is 17.7 Å². The molecule has 1 aromatic heterocycles. The van der Waals surface area contributed by atoms with Crippen molar-refractivity contribution in [1.29, 1.82) is 0 Å². The molecule has 0 amide bonds. The maximum Gasteiger partial charge on any atom is 0.165 e. The van der Waals surface area contributed by atoms with Gasteiger partial charge >= 0.3 is 0 Å². The van der Waals surface area contributed by atoms with Gasteiger partial charge in [-0.05, 0) is 40.5 Å². The summed E-state index contributed by atoms with van der Waals surface area (Å²) in [5.41, 5.74) is -0.528. The van der Waals surface area contributed by atoms with Crippen molar-refractivity contribution in [3.8, 4) is 0 Å². The molecular weight excluding hydrogens is 218 g/mol. The van der Waals surface area contributed by atoms with Gasteiger partial charge in [0.15, 0.2) is 11.6 Å². The molecule has 1 unspecified atom stereocenters. The second-order valence-electron chi connectivity index (χ2n) is 5.79. The van der Waals surface area contributed by atoms with E-state index in [0.717, 1.165) is 25.3 Å². The lowest BCUT2D eigenvalue weighted by atomic mass is 9.99. The number of aromatic nitrogens is 3. The zero-order valence-corrected chi connectivity index (χ0v) is 11.0. The molecule has 1 fully saturated rings. The molecule has 1 aliphatic heterocycles. The lowest BCUT2D eigenvalue weighted by Crippen LogP contribution is -2.33. The fraction of sp³-hybridized carbons (Fsp3) is 0.833. The van der Waals surface area contributed by atoms with E-state index in [2.05, 4.69) is 31.0 Å². The summed E-state index contributed by atoms with van der Waals surface area (Å²) >= 11 is 0. The van der Waals surface area contributed by atoms with Crippen molar-refractivity contribution in [2.45, 2.75) is 58.3 Å². The van der Waals surface area contributed by atoms with Gasteiger partial charge in [-0.1, -0.05) is 0 Å². The Morgan fingerprint density at radius 1 is 1.41 bits per heavy atom. The van der Waals surface area contributed by atoms with Crippen LogP contribution in [0, 0.1) is 0 Å². The van der Waals surface area contributed by atoms with E-state index in [9.17, 15) is 5.11 Å². The number of hydrogen-bond acceptors (Lipinski definition) is 4. The molecule has 1 aromatic rings. The van der Waals surface area contributed by atoms with Gasteiger partial charge in [0, 0.05) is 12.1 Å². The molecule has 2 heterocycles. The monoisotopic (exact) mass is 239 g/mol. The van der Waals surface area contributed by atoms with E-state index in [1.165, 1.54) is 0 Å². The molecule has 2 rings (SSSR count). The normalized spacial score (nSPS) is 25.5. The highest BCUT2D eigenvalue weighted by molar-refractivity contribution is 5.09. The Labute approximate surface area is 102 Å². The van der Waals surface area contributed by atoms with Gasteiger partial charge in [-0.25, -0.2) is 0 Å². The molecule has 0 bridgehead atoms. The number of ether oxygens (including phenoxy) is 1.